The van der Waals surface area contributed by atoms with Crippen molar-refractivity contribution in [2.24, 2.45) is 46.3 Å². The highest BCUT2D eigenvalue weighted by atomic mass is 16.1. The molecule has 7 atom stereocenters. The maximum atomic E-state index is 13.3. The fourth-order valence-corrected chi connectivity index (χ4v) is 8.24. The summed E-state index contributed by atoms with van der Waals surface area (Å²) in [6, 6.07) is 0. The van der Waals surface area contributed by atoms with Gasteiger partial charge >= 0.3 is 0 Å². The van der Waals surface area contributed by atoms with Crippen LogP contribution in [0, 0.1) is 52.8 Å². The van der Waals surface area contributed by atoms with Gasteiger partial charge in [-0.1, -0.05) is 59.5 Å². The molecule has 1 heteroatoms. The molecule has 0 bridgehead atoms. The van der Waals surface area contributed by atoms with Gasteiger partial charge in [0.1, 0.15) is 0 Å². The zero-order valence-electron chi connectivity index (χ0n) is 19.1. The molecule has 0 aromatic rings. The quantitative estimate of drug-likeness (QED) is 0.483. The molecule has 0 aromatic carbocycles. The van der Waals surface area contributed by atoms with Gasteiger partial charge < -0.3 is 0 Å². The third-order valence-electron chi connectivity index (χ3n) is 9.90. The summed E-state index contributed by atoms with van der Waals surface area (Å²) in [7, 11) is 0. The lowest BCUT2D eigenvalue weighted by molar-refractivity contribution is -0.134. The van der Waals surface area contributed by atoms with Gasteiger partial charge in [0, 0.05) is 5.92 Å². The Hall–Kier alpha value is -0.590. The fraction of sp³-hybridized carbons (Fsp3) is 0.852. The second-order valence-electron chi connectivity index (χ2n) is 11.8. The summed E-state index contributed by atoms with van der Waals surface area (Å²) < 4.78 is 0. The van der Waals surface area contributed by atoms with Crippen molar-refractivity contribution in [2.75, 3.05) is 0 Å². The number of carbonyl (C=O) groups excluding carboxylic acids is 1. The SMILES string of the molecule is CC(C)CCC[C@@H](C)[C@H]1CC[C@H]2[C@@H]3C(=O)C=C4C[CH]CC[C@]4(C)[C@H]3CC[C@]12C. The number of allylic oxidation sites excluding steroid dienone is 2. The zero-order chi connectivity index (χ0) is 20.1. The molecule has 0 N–H and O–H groups in total. The molecule has 4 rings (SSSR count). The minimum absolute atomic E-state index is 0.301. The van der Waals surface area contributed by atoms with Gasteiger partial charge in [-0.05, 0) is 97.9 Å². The lowest BCUT2D eigenvalue weighted by Gasteiger charge is -2.57. The van der Waals surface area contributed by atoms with E-state index in [0.717, 1.165) is 24.2 Å². The van der Waals surface area contributed by atoms with Gasteiger partial charge in [0.2, 0.25) is 0 Å². The molecule has 0 aliphatic heterocycles. The predicted molar refractivity (Wildman–Crippen MR) is 118 cm³/mol. The molecule has 1 radical (unpaired) electrons. The maximum absolute atomic E-state index is 13.3. The van der Waals surface area contributed by atoms with Crippen LogP contribution in [-0.2, 0) is 4.79 Å². The van der Waals surface area contributed by atoms with Crippen molar-refractivity contribution in [1.29, 1.82) is 0 Å². The van der Waals surface area contributed by atoms with Crippen LogP contribution in [0.15, 0.2) is 11.6 Å². The Balaban J connectivity index is 1.54. The molecule has 0 unspecified atom stereocenters. The first kappa shape index (κ1) is 20.7. The van der Waals surface area contributed by atoms with Crippen LogP contribution in [0.25, 0.3) is 0 Å². The number of carbonyl (C=O) groups is 1. The molecule has 3 saturated carbocycles. The summed E-state index contributed by atoms with van der Waals surface area (Å²) in [5.74, 6) is 4.53. The third kappa shape index (κ3) is 3.24. The van der Waals surface area contributed by atoms with Crippen LogP contribution in [0.4, 0.5) is 0 Å². The van der Waals surface area contributed by atoms with Gasteiger partial charge in [0.05, 0.1) is 0 Å². The molecular weight excluding hydrogens is 340 g/mol. The molecule has 0 spiro atoms. The summed E-state index contributed by atoms with van der Waals surface area (Å²) >= 11 is 0. The molecule has 3 fully saturated rings. The van der Waals surface area contributed by atoms with Crippen LogP contribution in [0.5, 0.6) is 0 Å². The van der Waals surface area contributed by atoms with E-state index in [9.17, 15) is 4.79 Å². The molecular formula is C27H43O. The number of hydrogen-bond donors (Lipinski definition) is 0. The Morgan fingerprint density at radius 2 is 1.82 bits per heavy atom. The first-order chi connectivity index (χ1) is 13.3. The van der Waals surface area contributed by atoms with E-state index in [-0.39, 0.29) is 0 Å². The first-order valence-electron chi connectivity index (χ1n) is 12.3. The second-order valence-corrected chi connectivity index (χ2v) is 11.8. The summed E-state index contributed by atoms with van der Waals surface area (Å²) in [6.07, 6.45) is 17.5. The Morgan fingerprint density at radius 3 is 2.57 bits per heavy atom. The molecule has 4 aliphatic rings. The van der Waals surface area contributed by atoms with Crippen molar-refractivity contribution in [2.45, 2.75) is 98.8 Å². The van der Waals surface area contributed by atoms with E-state index in [2.05, 4.69) is 47.1 Å². The number of rotatable bonds is 5. The van der Waals surface area contributed by atoms with E-state index in [1.54, 1.807) is 0 Å². The van der Waals surface area contributed by atoms with Gasteiger partial charge in [-0.2, -0.15) is 0 Å². The van der Waals surface area contributed by atoms with E-state index in [4.69, 9.17) is 0 Å². The highest BCUT2D eigenvalue weighted by Gasteiger charge is 2.60. The van der Waals surface area contributed by atoms with E-state index >= 15 is 0 Å². The minimum Gasteiger partial charge on any atom is -0.295 e. The summed E-state index contributed by atoms with van der Waals surface area (Å²) in [5, 5.41) is 0. The first-order valence-corrected chi connectivity index (χ1v) is 12.3. The lowest BCUT2D eigenvalue weighted by Crippen LogP contribution is -2.53. The van der Waals surface area contributed by atoms with Crippen molar-refractivity contribution < 1.29 is 4.79 Å². The molecule has 0 heterocycles. The highest BCUT2D eigenvalue weighted by Crippen LogP contribution is 2.66. The average molecular weight is 384 g/mol. The second kappa shape index (κ2) is 7.59. The van der Waals surface area contributed by atoms with Gasteiger partial charge in [-0.3, -0.25) is 4.79 Å². The maximum Gasteiger partial charge on any atom is 0.159 e. The Bertz CT molecular complexity index is 630. The molecule has 4 aliphatic carbocycles. The van der Waals surface area contributed by atoms with Crippen LogP contribution in [0.1, 0.15) is 98.8 Å². The monoisotopic (exact) mass is 383 g/mol. The predicted octanol–water partition coefficient (Wildman–Crippen LogP) is 7.41. The number of hydrogen-bond acceptors (Lipinski definition) is 1. The molecule has 0 amide bonds. The zero-order valence-corrected chi connectivity index (χ0v) is 19.1. The normalized spacial score (nSPS) is 43.9. The summed E-state index contributed by atoms with van der Waals surface area (Å²) in [6.45, 7) is 12.3. The number of ketones is 1. The van der Waals surface area contributed by atoms with E-state index < -0.39 is 0 Å². The van der Waals surface area contributed by atoms with Gasteiger partial charge in [-0.15, -0.1) is 0 Å². The molecule has 157 valence electrons. The van der Waals surface area contributed by atoms with Crippen LogP contribution in [0.3, 0.4) is 0 Å². The summed E-state index contributed by atoms with van der Waals surface area (Å²) in [5.41, 5.74) is 2.16. The molecule has 0 aromatic heterocycles. The van der Waals surface area contributed by atoms with Crippen LogP contribution in [-0.4, -0.2) is 5.78 Å². The topological polar surface area (TPSA) is 17.1 Å². The van der Waals surface area contributed by atoms with Crippen molar-refractivity contribution in [1.82, 2.24) is 0 Å². The standard InChI is InChI=1S/C27H43O/c1-18(2)9-8-10-19(3)21-12-13-22-25-23(14-16-27(21,22)5)26(4)15-7-6-11-20(26)17-24(25)28/h6,17-19,21-23,25H,7-16H2,1-5H3/t19-,21-,22+,23+,25+,26+,27-/m1/s1. The van der Waals surface area contributed by atoms with Gasteiger partial charge in [-0.25, -0.2) is 0 Å². The smallest absolute Gasteiger partial charge is 0.159 e. The molecule has 1 nitrogen and oxygen atoms in total. The largest absolute Gasteiger partial charge is 0.295 e. The van der Waals surface area contributed by atoms with Gasteiger partial charge in [0.15, 0.2) is 5.78 Å². The molecule has 28 heavy (non-hydrogen) atoms. The third-order valence-corrected chi connectivity index (χ3v) is 9.90. The average Bonchev–Trinajstić information content (AvgIpc) is 2.99. The highest BCUT2D eigenvalue weighted by molar-refractivity contribution is 5.94. The Morgan fingerprint density at radius 1 is 1.04 bits per heavy atom. The van der Waals surface area contributed by atoms with Crippen LogP contribution < -0.4 is 0 Å². The van der Waals surface area contributed by atoms with Crippen LogP contribution >= 0.6 is 0 Å². The van der Waals surface area contributed by atoms with Crippen LogP contribution in [0.2, 0.25) is 0 Å². The van der Waals surface area contributed by atoms with Crippen molar-refractivity contribution in [3.05, 3.63) is 18.1 Å². The van der Waals surface area contributed by atoms with E-state index in [0.29, 0.717) is 34.4 Å². The van der Waals surface area contributed by atoms with Crippen molar-refractivity contribution in [3.63, 3.8) is 0 Å². The Labute approximate surface area is 174 Å². The van der Waals surface area contributed by atoms with Gasteiger partial charge in [0.25, 0.3) is 0 Å². The van der Waals surface area contributed by atoms with E-state index in [1.807, 2.05) is 0 Å². The fourth-order valence-electron chi connectivity index (χ4n) is 8.24. The Kier molecular flexibility index (Phi) is 5.60. The minimum atomic E-state index is 0.301. The van der Waals surface area contributed by atoms with E-state index in [1.165, 1.54) is 63.4 Å². The number of fused-ring (bicyclic) bond motifs is 5. The summed E-state index contributed by atoms with van der Waals surface area (Å²) in [4.78, 5) is 13.3. The van der Waals surface area contributed by atoms with Crippen molar-refractivity contribution in [3.8, 4) is 0 Å². The lowest BCUT2D eigenvalue weighted by atomic mass is 9.47. The van der Waals surface area contributed by atoms with Crippen molar-refractivity contribution >= 4 is 5.78 Å². The molecule has 0 saturated heterocycles.